The van der Waals surface area contributed by atoms with Gasteiger partial charge in [-0.3, -0.25) is 4.79 Å². The molecule has 3 aromatic rings. The third kappa shape index (κ3) is 10.0. The molecule has 0 radical (unpaired) electrons. The summed E-state index contributed by atoms with van der Waals surface area (Å²) in [5, 5.41) is 12.0. The van der Waals surface area contributed by atoms with Crippen molar-refractivity contribution in [2.24, 2.45) is 11.3 Å². The number of pyridine rings is 1. The molecule has 2 N–H and O–H groups in total. The Hall–Kier alpha value is -2.53. The minimum Gasteiger partial charge on any atom is -0.451 e. The minimum absolute atomic E-state index is 0.0110. The van der Waals surface area contributed by atoms with Crippen LogP contribution in [0, 0.1) is 16.7 Å². The predicted octanol–water partition coefficient (Wildman–Crippen LogP) is 8.28. The zero-order valence-corrected chi connectivity index (χ0v) is 29.0. The molecular formula is C34H50ClN4O2P. The van der Waals surface area contributed by atoms with Crippen molar-refractivity contribution in [1.29, 1.82) is 5.41 Å². The topological polar surface area (TPSA) is 82.2 Å². The first kappa shape index (κ1) is 35.7. The lowest BCUT2D eigenvalue weighted by Crippen LogP contribution is -2.36. The summed E-state index contributed by atoms with van der Waals surface area (Å²) in [4.78, 5) is 19.5. The molecule has 0 aliphatic carbocycles. The zero-order valence-electron chi connectivity index (χ0n) is 27.1. The number of furan rings is 1. The Kier molecular flexibility index (Phi) is 13.0. The second-order valence-corrected chi connectivity index (χ2v) is 14.3. The summed E-state index contributed by atoms with van der Waals surface area (Å²) in [6.45, 7) is 22.0. The number of carbonyl (C=O) groups is 1. The molecule has 3 rings (SSSR count). The van der Waals surface area contributed by atoms with Crippen LogP contribution in [0.1, 0.15) is 84.9 Å². The van der Waals surface area contributed by atoms with E-state index in [1.165, 1.54) is 11.9 Å². The van der Waals surface area contributed by atoms with Crippen LogP contribution in [0.4, 0.5) is 0 Å². The highest BCUT2D eigenvalue weighted by Gasteiger charge is 2.25. The molecule has 0 saturated carbocycles. The number of hydrogen-bond acceptors (Lipinski definition) is 6. The molecule has 1 atom stereocenters. The van der Waals surface area contributed by atoms with Crippen LogP contribution >= 0.6 is 20.8 Å². The molecule has 0 amide bonds. The van der Waals surface area contributed by atoms with Crippen molar-refractivity contribution in [3.8, 4) is 11.3 Å². The Morgan fingerprint density at radius 1 is 1.17 bits per heavy atom. The molecule has 2 heterocycles. The standard InChI is InChI=1S/C21H23ClNO2P.C13H27N3/c1-11(2)19(24)17-10-16-20(25-17)13(21(3,4)5)9-15(23-16)12-6-7-14(22)18(26)8-12;1-6-9-16(11-13(2,3)4)12(7-8-14)10-15-5/h6-11H,26H2,1-5H3;7-8,14-15H,6,9-11H2,1-5H3/b;12-7+,14-8?. The number of carbonyl (C=O) groups excluding carboxylic acids is 1. The maximum Gasteiger partial charge on any atom is 0.200 e. The molecule has 42 heavy (non-hydrogen) atoms. The summed E-state index contributed by atoms with van der Waals surface area (Å²) >= 11 is 6.14. The van der Waals surface area contributed by atoms with Crippen molar-refractivity contribution >= 4 is 49.2 Å². The van der Waals surface area contributed by atoms with Crippen molar-refractivity contribution in [1.82, 2.24) is 15.2 Å². The number of ketones is 1. The van der Waals surface area contributed by atoms with Crippen LogP contribution in [0.2, 0.25) is 5.02 Å². The van der Waals surface area contributed by atoms with Gasteiger partial charge in [-0.1, -0.05) is 80.0 Å². The van der Waals surface area contributed by atoms with Crippen molar-refractivity contribution in [2.75, 3.05) is 26.7 Å². The van der Waals surface area contributed by atoms with Gasteiger partial charge in [0.25, 0.3) is 0 Å². The van der Waals surface area contributed by atoms with E-state index in [1.54, 1.807) is 6.07 Å². The molecule has 0 saturated heterocycles. The van der Waals surface area contributed by atoms with E-state index in [0.717, 1.165) is 48.2 Å². The molecule has 2 aromatic heterocycles. The number of hydrogen-bond donors (Lipinski definition) is 2. The van der Waals surface area contributed by atoms with Crippen LogP contribution in [0.5, 0.6) is 0 Å². The second-order valence-electron chi connectivity index (χ2n) is 13.2. The highest BCUT2D eigenvalue weighted by Crippen LogP contribution is 2.35. The number of nitrogens with zero attached hydrogens (tertiary/aromatic N) is 2. The van der Waals surface area contributed by atoms with Crippen molar-refractivity contribution in [3.05, 3.63) is 58.5 Å². The van der Waals surface area contributed by atoms with Crippen molar-refractivity contribution in [2.45, 2.75) is 74.1 Å². The highest BCUT2D eigenvalue weighted by atomic mass is 35.5. The molecule has 0 aliphatic heterocycles. The molecule has 6 nitrogen and oxygen atoms in total. The summed E-state index contributed by atoms with van der Waals surface area (Å²) in [6.07, 6.45) is 4.39. The number of fused-ring (bicyclic) bond motifs is 1. The monoisotopic (exact) mass is 612 g/mol. The van der Waals surface area contributed by atoms with Gasteiger partial charge in [-0.25, -0.2) is 4.98 Å². The number of rotatable bonds is 10. The first-order chi connectivity index (χ1) is 19.5. The van der Waals surface area contributed by atoms with Crippen LogP contribution in [-0.4, -0.2) is 48.6 Å². The Bertz CT molecular complexity index is 1400. The summed E-state index contributed by atoms with van der Waals surface area (Å²) in [5.41, 5.74) is 5.57. The van der Waals surface area contributed by atoms with Crippen LogP contribution < -0.4 is 10.6 Å². The van der Waals surface area contributed by atoms with E-state index in [0.29, 0.717) is 21.9 Å². The molecule has 230 valence electrons. The number of Topliss-reactive ketones (excluding diaryl/α,β-unsaturated/α-hetero) is 1. The Morgan fingerprint density at radius 3 is 2.33 bits per heavy atom. The lowest BCUT2D eigenvalue weighted by molar-refractivity contribution is 0.0913. The number of aromatic nitrogens is 1. The summed E-state index contributed by atoms with van der Waals surface area (Å²) < 4.78 is 5.95. The fourth-order valence-corrected chi connectivity index (χ4v) is 4.95. The molecule has 0 spiro atoms. The van der Waals surface area contributed by atoms with E-state index < -0.39 is 0 Å². The second kappa shape index (κ2) is 15.3. The molecule has 0 bridgehead atoms. The zero-order chi connectivity index (χ0) is 31.8. The fraction of sp³-hybridized carbons (Fsp3) is 0.500. The Balaban J connectivity index is 0.000000334. The van der Waals surface area contributed by atoms with Gasteiger partial charge in [0.2, 0.25) is 5.78 Å². The van der Waals surface area contributed by atoms with Gasteiger partial charge in [-0.15, -0.1) is 9.24 Å². The normalized spacial score (nSPS) is 12.4. The van der Waals surface area contributed by atoms with E-state index in [4.69, 9.17) is 26.4 Å². The summed E-state index contributed by atoms with van der Waals surface area (Å²) in [5.74, 6) is 0.236. The smallest absolute Gasteiger partial charge is 0.200 e. The lowest BCUT2D eigenvalue weighted by atomic mass is 9.86. The van der Waals surface area contributed by atoms with Crippen molar-refractivity contribution in [3.63, 3.8) is 0 Å². The van der Waals surface area contributed by atoms with E-state index in [1.807, 2.05) is 51.2 Å². The number of likely N-dealkylation sites (N-methyl/N-ethyl adjacent to an activating group) is 1. The van der Waals surface area contributed by atoms with Gasteiger partial charge in [0.1, 0.15) is 5.52 Å². The van der Waals surface area contributed by atoms with Crippen LogP contribution in [0.15, 0.2) is 46.5 Å². The van der Waals surface area contributed by atoms with Gasteiger partial charge in [-0.2, -0.15) is 0 Å². The highest BCUT2D eigenvalue weighted by molar-refractivity contribution is 7.28. The van der Waals surface area contributed by atoms with Gasteiger partial charge in [0.05, 0.1) is 5.69 Å². The molecule has 8 heteroatoms. The molecule has 0 fully saturated rings. The Morgan fingerprint density at radius 2 is 1.83 bits per heavy atom. The first-order valence-corrected chi connectivity index (χ1v) is 15.6. The average Bonchev–Trinajstić information content (AvgIpc) is 3.32. The SMILES string of the molecule is CC(C)C(=O)c1cc2nc(-c3ccc(Cl)c(P)c3)cc(C(C)(C)C)c2o1.CCCN(CC(C)(C)C)/C(=C/C=N)CNC. The molecule has 1 unspecified atom stereocenters. The predicted molar refractivity (Wildman–Crippen MR) is 184 cm³/mol. The maximum atomic E-state index is 12.4. The third-order valence-electron chi connectivity index (χ3n) is 6.54. The Labute approximate surface area is 260 Å². The van der Waals surface area contributed by atoms with Gasteiger partial charge >= 0.3 is 0 Å². The van der Waals surface area contributed by atoms with Crippen LogP contribution in [-0.2, 0) is 5.41 Å². The summed E-state index contributed by atoms with van der Waals surface area (Å²) in [6, 6.07) is 9.62. The number of allylic oxidation sites excluding steroid dienone is 1. The minimum atomic E-state index is -0.151. The van der Waals surface area contributed by atoms with Gasteiger partial charge in [-0.05, 0) is 53.9 Å². The van der Waals surface area contributed by atoms with E-state index >= 15 is 0 Å². The fourth-order valence-electron chi connectivity index (χ4n) is 4.56. The first-order valence-electron chi connectivity index (χ1n) is 14.7. The van der Waals surface area contributed by atoms with Crippen LogP contribution in [0.3, 0.4) is 0 Å². The van der Waals surface area contributed by atoms with E-state index in [-0.39, 0.29) is 22.5 Å². The number of nitrogens with one attached hydrogen (secondary N) is 2. The van der Waals surface area contributed by atoms with Crippen molar-refractivity contribution < 1.29 is 9.21 Å². The number of benzene rings is 1. The van der Waals surface area contributed by atoms with Crippen LogP contribution in [0.25, 0.3) is 22.4 Å². The van der Waals surface area contributed by atoms with E-state index in [9.17, 15) is 4.79 Å². The molecule has 1 aromatic carbocycles. The number of halogens is 1. The van der Waals surface area contributed by atoms with Gasteiger partial charge in [0, 0.05) is 59.7 Å². The molecule has 0 aliphatic rings. The maximum absolute atomic E-state index is 12.4. The largest absolute Gasteiger partial charge is 0.451 e. The summed E-state index contributed by atoms with van der Waals surface area (Å²) in [7, 11) is 4.58. The lowest BCUT2D eigenvalue weighted by Gasteiger charge is -2.33. The van der Waals surface area contributed by atoms with E-state index in [2.05, 4.69) is 67.9 Å². The van der Waals surface area contributed by atoms with Gasteiger partial charge < -0.3 is 20.0 Å². The molecular weight excluding hydrogens is 563 g/mol. The quantitative estimate of drug-likeness (QED) is 0.137. The van der Waals surface area contributed by atoms with Gasteiger partial charge in [0.15, 0.2) is 11.3 Å². The average molecular weight is 613 g/mol. The third-order valence-corrected chi connectivity index (χ3v) is 7.55.